The molecule has 3 rings (SSSR count). The quantitative estimate of drug-likeness (QED) is 0.622. The molecule has 156 valence electrons. The summed E-state index contributed by atoms with van der Waals surface area (Å²) in [5.41, 5.74) is 5.19. The molecule has 1 N–H and O–H groups in total. The van der Waals surface area contributed by atoms with Crippen molar-refractivity contribution in [3.8, 4) is 0 Å². The minimum absolute atomic E-state index is 0.0673. The zero-order valence-corrected chi connectivity index (χ0v) is 19.9. The van der Waals surface area contributed by atoms with Crippen LogP contribution in [-0.4, -0.2) is 22.4 Å². The third kappa shape index (κ3) is 4.10. The van der Waals surface area contributed by atoms with Crippen LogP contribution in [0.1, 0.15) is 67.9 Å². The molecule has 1 amide bonds. The number of carbonyl (C=O) groups excluding carboxylic acids is 1. The Morgan fingerprint density at radius 1 is 1.14 bits per heavy atom. The number of fused-ring (bicyclic) bond motifs is 1. The summed E-state index contributed by atoms with van der Waals surface area (Å²) in [6.45, 7) is 13.1. The molecule has 2 unspecified atom stereocenters. The Kier molecular flexibility index (Phi) is 6.74. The predicted octanol–water partition coefficient (Wildman–Crippen LogP) is 5.47. The summed E-state index contributed by atoms with van der Waals surface area (Å²) in [4.78, 5) is 25.1. The number of rotatable bonds is 6. The lowest BCUT2D eigenvalue weighted by molar-refractivity contribution is -0.122. The molecule has 1 aromatic carbocycles. The highest BCUT2D eigenvalue weighted by molar-refractivity contribution is 9.10. The number of anilines is 2. The predicted molar refractivity (Wildman–Crippen MR) is 122 cm³/mol. The van der Waals surface area contributed by atoms with Gasteiger partial charge in [-0.15, -0.1) is 0 Å². The van der Waals surface area contributed by atoms with Gasteiger partial charge in [0.15, 0.2) is 0 Å². The molecule has 0 saturated carbocycles. The highest BCUT2D eigenvalue weighted by Crippen LogP contribution is 2.44. The maximum Gasteiger partial charge on any atom is 0.237 e. The number of benzene rings is 1. The maximum atomic E-state index is 13.6. The van der Waals surface area contributed by atoms with E-state index in [1.54, 1.807) is 0 Å². The van der Waals surface area contributed by atoms with E-state index in [0.29, 0.717) is 5.82 Å². The number of hydrogen-bond acceptors (Lipinski definition) is 4. The maximum absolute atomic E-state index is 13.6. The minimum Gasteiger partial charge on any atom is -0.309 e. The van der Waals surface area contributed by atoms with Crippen molar-refractivity contribution in [3.05, 3.63) is 44.8 Å². The average Bonchev–Trinajstić information content (AvgIpc) is 2.65. The third-order valence-electron chi connectivity index (χ3n) is 5.62. The number of aromatic nitrogens is 2. The fourth-order valence-electron chi connectivity index (χ4n) is 4.32. The number of carbonyl (C=O) groups is 1. The Morgan fingerprint density at radius 3 is 2.38 bits per heavy atom. The van der Waals surface area contributed by atoms with E-state index in [-0.39, 0.29) is 17.9 Å². The Bertz CT molecular complexity index is 904. The Hall–Kier alpha value is -1.79. The van der Waals surface area contributed by atoms with Crippen LogP contribution in [0.3, 0.4) is 0 Å². The second-order valence-electron chi connectivity index (χ2n) is 7.94. The highest BCUT2D eigenvalue weighted by atomic mass is 79.9. The van der Waals surface area contributed by atoms with Crippen LogP contribution in [-0.2, 0) is 11.2 Å². The number of halogens is 1. The first-order chi connectivity index (χ1) is 13.8. The molecule has 1 aliphatic rings. The van der Waals surface area contributed by atoms with Crippen molar-refractivity contribution in [2.75, 3.05) is 11.4 Å². The lowest BCUT2D eigenvalue weighted by Gasteiger charge is -2.39. The number of aryl methyl sites for hydroxylation is 4. The molecule has 1 aromatic heterocycles. The first-order valence-electron chi connectivity index (χ1n) is 10.5. The average molecular weight is 459 g/mol. The summed E-state index contributed by atoms with van der Waals surface area (Å²) in [6, 6.07) is 4.05. The topological polar surface area (TPSA) is 58.1 Å². The Labute approximate surface area is 182 Å². The van der Waals surface area contributed by atoms with Gasteiger partial charge < -0.3 is 5.32 Å². The molecule has 0 bridgehead atoms. The van der Waals surface area contributed by atoms with Gasteiger partial charge in [0, 0.05) is 16.1 Å². The summed E-state index contributed by atoms with van der Waals surface area (Å²) in [7, 11) is 0. The van der Waals surface area contributed by atoms with Crippen LogP contribution in [0.25, 0.3) is 0 Å². The van der Waals surface area contributed by atoms with E-state index in [2.05, 4.69) is 47.2 Å². The summed E-state index contributed by atoms with van der Waals surface area (Å²) < 4.78 is 1.02. The fraction of sp³-hybridized carbons (Fsp3) is 0.522. The largest absolute Gasteiger partial charge is 0.309 e. The molecule has 6 heteroatoms. The first-order valence-corrected chi connectivity index (χ1v) is 11.3. The Balaban J connectivity index is 2.29. The minimum atomic E-state index is -0.198. The van der Waals surface area contributed by atoms with Crippen molar-refractivity contribution in [3.63, 3.8) is 0 Å². The van der Waals surface area contributed by atoms with Gasteiger partial charge in [0.1, 0.15) is 11.6 Å². The molecule has 29 heavy (non-hydrogen) atoms. The van der Waals surface area contributed by atoms with Gasteiger partial charge in [0.2, 0.25) is 5.91 Å². The van der Waals surface area contributed by atoms with Gasteiger partial charge in [0.05, 0.1) is 17.3 Å². The van der Waals surface area contributed by atoms with Crippen LogP contribution < -0.4 is 10.2 Å². The highest BCUT2D eigenvalue weighted by Gasteiger charge is 2.42. The molecule has 5 nitrogen and oxygen atoms in total. The summed E-state index contributed by atoms with van der Waals surface area (Å²) in [5, 5.41) is 3.53. The Morgan fingerprint density at radius 2 is 1.79 bits per heavy atom. The van der Waals surface area contributed by atoms with Gasteiger partial charge in [-0.3, -0.25) is 9.69 Å². The smallest absolute Gasteiger partial charge is 0.237 e. The van der Waals surface area contributed by atoms with Crippen LogP contribution in [0.2, 0.25) is 0 Å². The van der Waals surface area contributed by atoms with E-state index in [0.717, 1.165) is 64.2 Å². The molecule has 0 aliphatic carbocycles. The molecular formula is C23H31BrN4O. The van der Waals surface area contributed by atoms with Crippen LogP contribution in [0.15, 0.2) is 16.6 Å². The summed E-state index contributed by atoms with van der Waals surface area (Å²) in [6.07, 6.45) is 3.07. The first kappa shape index (κ1) is 21.9. The fourth-order valence-corrected chi connectivity index (χ4v) is 5.00. The van der Waals surface area contributed by atoms with E-state index in [4.69, 9.17) is 9.97 Å². The normalized spacial score (nSPS) is 18.9. The van der Waals surface area contributed by atoms with Gasteiger partial charge in [-0.2, -0.15) is 0 Å². The van der Waals surface area contributed by atoms with E-state index in [9.17, 15) is 4.79 Å². The summed E-state index contributed by atoms with van der Waals surface area (Å²) >= 11 is 3.57. The van der Waals surface area contributed by atoms with E-state index in [1.165, 1.54) is 0 Å². The van der Waals surface area contributed by atoms with Gasteiger partial charge in [-0.25, -0.2) is 9.97 Å². The number of amides is 1. The monoisotopic (exact) mass is 458 g/mol. The molecule has 0 spiro atoms. The molecule has 0 radical (unpaired) electrons. The van der Waals surface area contributed by atoms with Crippen LogP contribution >= 0.6 is 15.9 Å². The van der Waals surface area contributed by atoms with E-state index >= 15 is 0 Å². The molecule has 0 saturated heterocycles. The van der Waals surface area contributed by atoms with Crippen molar-refractivity contribution in [1.29, 1.82) is 0 Å². The van der Waals surface area contributed by atoms with Gasteiger partial charge in [-0.1, -0.05) is 43.1 Å². The molecule has 0 fully saturated rings. The molecular weight excluding hydrogens is 428 g/mol. The third-order valence-corrected chi connectivity index (χ3v) is 6.08. The number of nitrogens with one attached hydrogen (secondary N) is 1. The van der Waals surface area contributed by atoms with Gasteiger partial charge in [-0.05, 0) is 63.4 Å². The lowest BCUT2D eigenvalue weighted by atomic mass is 9.86. The molecule has 2 heterocycles. The van der Waals surface area contributed by atoms with E-state index in [1.807, 2.05) is 32.6 Å². The van der Waals surface area contributed by atoms with Gasteiger partial charge >= 0.3 is 0 Å². The van der Waals surface area contributed by atoms with E-state index < -0.39 is 0 Å². The van der Waals surface area contributed by atoms with Crippen molar-refractivity contribution in [1.82, 2.24) is 15.3 Å². The molecule has 2 aromatic rings. The van der Waals surface area contributed by atoms with Crippen LogP contribution in [0.5, 0.6) is 0 Å². The van der Waals surface area contributed by atoms with Crippen molar-refractivity contribution >= 4 is 33.3 Å². The lowest BCUT2D eigenvalue weighted by Crippen LogP contribution is -2.45. The van der Waals surface area contributed by atoms with Gasteiger partial charge in [0.25, 0.3) is 0 Å². The molecule has 2 atom stereocenters. The SMILES string of the molecule is CCCCc1nc(C)nc2c1C(NCC)C(C)C(=O)N2c1c(C)cc(Br)cc1C. The summed E-state index contributed by atoms with van der Waals surface area (Å²) in [5.74, 6) is 1.34. The van der Waals surface area contributed by atoms with Crippen LogP contribution in [0.4, 0.5) is 11.5 Å². The second kappa shape index (κ2) is 8.92. The number of unbranched alkanes of at least 4 members (excludes halogenated alkanes) is 1. The zero-order valence-electron chi connectivity index (χ0n) is 18.3. The molecule has 1 aliphatic heterocycles. The van der Waals surface area contributed by atoms with Crippen molar-refractivity contribution in [2.24, 2.45) is 5.92 Å². The number of hydrogen-bond donors (Lipinski definition) is 1. The standard InChI is InChI=1S/C23H31BrN4O/c1-7-9-10-18-19-20(25-8-2)15(5)23(29)28(22(19)27-16(6)26-18)21-13(3)11-17(24)12-14(21)4/h11-12,15,20,25H,7-10H2,1-6H3. The zero-order chi connectivity index (χ0) is 21.3. The second-order valence-corrected chi connectivity index (χ2v) is 8.86. The van der Waals surface area contributed by atoms with Crippen molar-refractivity contribution in [2.45, 2.75) is 66.8 Å². The van der Waals surface area contributed by atoms with Crippen molar-refractivity contribution < 1.29 is 4.79 Å². The van der Waals surface area contributed by atoms with Crippen LogP contribution in [0, 0.1) is 26.7 Å². The number of nitrogens with zero attached hydrogens (tertiary/aromatic N) is 3.